The van der Waals surface area contributed by atoms with Crippen molar-refractivity contribution in [2.45, 2.75) is 49.9 Å². The lowest BCUT2D eigenvalue weighted by Gasteiger charge is -2.52. The lowest BCUT2D eigenvalue weighted by atomic mass is 9.73. The molecule has 0 aromatic heterocycles. The fourth-order valence-corrected chi connectivity index (χ4v) is 3.86. The van der Waals surface area contributed by atoms with Crippen LogP contribution in [-0.4, -0.2) is 69.2 Å². The molecule has 0 aromatic rings. The van der Waals surface area contributed by atoms with Gasteiger partial charge in [0, 0.05) is 19.6 Å². The van der Waals surface area contributed by atoms with E-state index in [0.29, 0.717) is 25.9 Å². The molecular formula is C14H27N3O5S. The fraction of sp³-hybridized carbons (Fsp3) is 0.929. The van der Waals surface area contributed by atoms with E-state index in [4.69, 9.17) is 4.74 Å². The van der Waals surface area contributed by atoms with Gasteiger partial charge in [-0.25, -0.2) is 13.1 Å². The number of aliphatic hydroxyl groups excluding tert-OH is 1. The highest BCUT2D eigenvalue weighted by molar-refractivity contribution is 7.88. The van der Waals surface area contributed by atoms with Crippen molar-refractivity contribution in [2.75, 3.05) is 32.5 Å². The van der Waals surface area contributed by atoms with Gasteiger partial charge in [-0.3, -0.25) is 4.79 Å². The molecule has 0 unspecified atom stereocenters. The molecule has 2 fully saturated rings. The van der Waals surface area contributed by atoms with E-state index in [1.165, 1.54) is 0 Å². The molecule has 134 valence electrons. The van der Waals surface area contributed by atoms with E-state index in [0.717, 1.165) is 19.3 Å². The summed E-state index contributed by atoms with van der Waals surface area (Å²) < 4.78 is 30.2. The van der Waals surface area contributed by atoms with Crippen molar-refractivity contribution in [3.05, 3.63) is 0 Å². The van der Waals surface area contributed by atoms with E-state index in [2.05, 4.69) is 15.4 Å². The summed E-state index contributed by atoms with van der Waals surface area (Å²) in [4.78, 5) is 12.1. The minimum atomic E-state index is -3.31. The van der Waals surface area contributed by atoms with Crippen molar-refractivity contribution < 1.29 is 23.1 Å². The van der Waals surface area contributed by atoms with Crippen LogP contribution in [0.25, 0.3) is 0 Å². The molecular weight excluding hydrogens is 322 g/mol. The van der Waals surface area contributed by atoms with Crippen molar-refractivity contribution in [1.29, 1.82) is 0 Å². The predicted molar refractivity (Wildman–Crippen MR) is 85.4 cm³/mol. The molecule has 0 aromatic carbocycles. The smallest absolute Gasteiger partial charge is 0.221 e. The number of carbonyl (C=O) groups excluding carboxylic acids is 1. The topological polar surface area (TPSA) is 117 Å². The standard InChI is InChI=1S/C14H27N3O5S/c1-13(17-11(18)3-7-16-23(2,20)21)6-10-22-14(12(13)19)4-8-15-9-5-14/h12,15-16,19H,3-10H2,1-2H3,(H,17,18)/t12-,13+/m0/s1. The Kier molecular flexibility index (Phi) is 5.68. The van der Waals surface area contributed by atoms with E-state index in [9.17, 15) is 18.3 Å². The van der Waals surface area contributed by atoms with E-state index < -0.39 is 27.3 Å². The van der Waals surface area contributed by atoms with Crippen LogP contribution in [0.4, 0.5) is 0 Å². The Morgan fingerprint density at radius 1 is 1.35 bits per heavy atom. The van der Waals surface area contributed by atoms with E-state index >= 15 is 0 Å². The zero-order chi connectivity index (χ0) is 17.1. The van der Waals surface area contributed by atoms with Gasteiger partial charge in [-0.15, -0.1) is 0 Å². The molecule has 2 saturated heterocycles. The lowest BCUT2D eigenvalue weighted by Crippen LogP contribution is -2.69. The molecule has 1 amide bonds. The highest BCUT2D eigenvalue weighted by Gasteiger charge is 2.52. The van der Waals surface area contributed by atoms with Gasteiger partial charge in [-0.05, 0) is 39.3 Å². The third-order valence-corrected chi connectivity index (χ3v) is 5.43. The summed E-state index contributed by atoms with van der Waals surface area (Å²) >= 11 is 0. The third kappa shape index (κ3) is 4.63. The normalized spacial score (nSPS) is 31.0. The molecule has 2 aliphatic rings. The SMILES string of the molecule is C[C@@]1(NC(=O)CCNS(C)(=O)=O)CCOC2(CCNCC2)[C@H]1O. The third-order valence-electron chi connectivity index (χ3n) is 4.70. The Labute approximate surface area is 137 Å². The number of nitrogens with one attached hydrogen (secondary N) is 3. The fourth-order valence-electron chi connectivity index (χ4n) is 3.39. The van der Waals surface area contributed by atoms with Crippen LogP contribution in [-0.2, 0) is 19.6 Å². The Hall–Kier alpha value is -0.740. The Balaban J connectivity index is 1.95. The van der Waals surface area contributed by atoms with Gasteiger partial charge in [0.25, 0.3) is 0 Å². The number of hydrogen-bond acceptors (Lipinski definition) is 6. The Bertz CT molecular complexity index is 527. The molecule has 2 rings (SSSR count). The quantitative estimate of drug-likeness (QED) is 0.490. The first-order valence-corrected chi connectivity index (χ1v) is 9.84. The average Bonchev–Trinajstić information content (AvgIpc) is 2.44. The number of sulfonamides is 1. The molecule has 2 aliphatic heterocycles. The van der Waals surface area contributed by atoms with Gasteiger partial charge in [0.2, 0.25) is 15.9 Å². The Morgan fingerprint density at radius 3 is 2.61 bits per heavy atom. The molecule has 0 radical (unpaired) electrons. The number of amides is 1. The number of rotatable bonds is 5. The van der Waals surface area contributed by atoms with Crippen LogP contribution in [0, 0.1) is 0 Å². The largest absolute Gasteiger partial charge is 0.388 e. The van der Waals surface area contributed by atoms with Crippen LogP contribution < -0.4 is 15.4 Å². The van der Waals surface area contributed by atoms with Crippen molar-refractivity contribution in [2.24, 2.45) is 0 Å². The van der Waals surface area contributed by atoms with Crippen LogP contribution in [0.15, 0.2) is 0 Å². The van der Waals surface area contributed by atoms with Gasteiger partial charge in [0.05, 0.1) is 17.4 Å². The molecule has 1 spiro atoms. The van der Waals surface area contributed by atoms with E-state index in [1.807, 2.05) is 6.92 Å². The van der Waals surface area contributed by atoms with Gasteiger partial charge >= 0.3 is 0 Å². The van der Waals surface area contributed by atoms with Gasteiger partial charge in [0.15, 0.2) is 0 Å². The minimum absolute atomic E-state index is 0.0325. The summed E-state index contributed by atoms with van der Waals surface area (Å²) in [5, 5.41) is 17.0. The summed E-state index contributed by atoms with van der Waals surface area (Å²) in [6.07, 6.45) is 2.22. The van der Waals surface area contributed by atoms with E-state index in [-0.39, 0.29) is 18.9 Å². The summed E-state index contributed by atoms with van der Waals surface area (Å²) in [6, 6.07) is 0. The summed E-state index contributed by atoms with van der Waals surface area (Å²) in [5.74, 6) is -0.284. The Morgan fingerprint density at radius 2 is 2.00 bits per heavy atom. The molecule has 0 bridgehead atoms. The van der Waals surface area contributed by atoms with Gasteiger partial charge in [-0.1, -0.05) is 0 Å². The molecule has 0 aliphatic carbocycles. The van der Waals surface area contributed by atoms with Crippen LogP contribution >= 0.6 is 0 Å². The minimum Gasteiger partial charge on any atom is -0.388 e. The number of hydrogen-bond donors (Lipinski definition) is 4. The molecule has 23 heavy (non-hydrogen) atoms. The molecule has 9 heteroatoms. The number of carbonyl (C=O) groups is 1. The van der Waals surface area contributed by atoms with Crippen molar-refractivity contribution in [1.82, 2.24) is 15.4 Å². The molecule has 8 nitrogen and oxygen atoms in total. The number of piperidine rings is 1. The van der Waals surface area contributed by atoms with Crippen LogP contribution in [0.5, 0.6) is 0 Å². The zero-order valence-corrected chi connectivity index (χ0v) is 14.5. The van der Waals surface area contributed by atoms with Crippen LogP contribution in [0.2, 0.25) is 0 Å². The number of ether oxygens (including phenoxy) is 1. The molecule has 4 N–H and O–H groups in total. The first kappa shape index (κ1) is 18.6. The highest BCUT2D eigenvalue weighted by atomic mass is 32.2. The van der Waals surface area contributed by atoms with Gasteiger partial charge < -0.3 is 20.5 Å². The van der Waals surface area contributed by atoms with Gasteiger partial charge in [-0.2, -0.15) is 0 Å². The number of aliphatic hydroxyl groups is 1. The first-order valence-electron chi connectivity index (χ1n) is 7.95. The maximum Gasteiger partial charge on any atom is 0.221 e. The summed E-state index contributed by atoms with van der Waals surface area (Å²) in [6.45, 7) is 3.91. The van der Waals surface area contributed by atoms with Crippen molar-refractivity contribution >= 4 is 15.9 Å². The second-order valence-corrected chi connectivity index (χ2v) is 8.53. The second-order valence-electron chi connectivity index (χ2n) is 6.70. The summed E-state index contributed by atoms with van der Waals surface area (Å²) in [5.41, 5.74) is -1.38. The predicted octanol–water partition coefficient (Wildman–Crippen LogP) is -1.30. The molecule has 0 saturated carbocycles. The molecule has 2 heterocycles. The maximum atomic E-state index is 12.1. The maximum absolute atomic E-state index is 12.1. The average molecular weight is 349 g/mol. The van der Waals surface area contributed by atoms with Gasteiger partial charge in [0.1, 0.15) is 6.10 Å². The van der Waals surface area contributed by atoms with Crippen LogP contribution in [0.3, 0.4) is 0 Å². The highest BCUT2D eigenvalue weighted by Crippen LogP contribution is 2.38. The van der Waals surface area contributed by atoms with E-state index in [1.54, 1.807) is 0 Å². The lowest BCUT2D eigenvalue weighted by molar-refractivity contribution is -0.200. The van der Waals surface area contributed by atoms with Crippen LogP contribution in [0.1, 0.15) is 32.6 Å². The second kappa shape index (κ2) is 7.02. The zero-order valence-electron chi connectivity index (χ0n) is 13.7. The van der Waals surface area contributed by atoms with Crippen molar-refractivity contribution in [3.63, 3.8) is 0 Å². The first-order chi connectivity index (χ1) is 10.7. The monoisotopic (exact) mass is 349 g/mol. The summed E-state index contributed by atoms with van der Waals surface area (Å²) in [7, 11) is -3.31. The molecule has 2 atom stereocenters. The van der Waals surface area contributed by atoms with Crippen molar-refractivity contribution in [3.8, 4) is 0 Å².